The molecule has 2 aromatic rings. The molecule has 7 nitrogen and oxygen atoms in total. The lowest BCUT2D eigenvalue weighted by Crippen LogP contribution is -2.38. The number of aliphatic imine (C=N–C) groups is 1. The number of hydrogen-bond acceptors (Lipinski definition) is 5. The van der Waals surface area contributed by atoms with Crippen LogP contribution in [0.2, 0.25) is 0 Å². The van der Waals surface area contributed by atoms with Gasteiger partial charge in [0.25, 0.3) is 0 Å². The van der Waals surface area contributed by atoms with E-state index in [9.17, 15) is 0 Å². The molecule has 0 atom stereocenters. The summed E-state index contributed by atoms with van der Waals surface area (Å²) in [6, 6.07) is 8.07. The molecule has 2 rings (SSSR count). The second kappa shape index (κ2) is 13.4. The Morgan fingerprint density at radius 2 is 2.00 bits per heavy atom. The van der Waals surface area contributed by atoms with Gasteiger partial charge in [0.2, 0.25) is 5.89 Å². The number of nitrogens with zero attached hydrogens (tertiary/aromatic N) is 3. The average molecular weight is 501 g/mol. The molecule has 0 amide bonds. The van der Waals surface area contributed by atoms with Gasteiger partial charge in [-0.3, -0.25) is 4.99 Å². The van der Waals surface area contributed by atoms with Gasteiger partial charge >= 0.3 is 0 Å². The second-order valence-corrected chi connectivity index (χ2v) is 6.55. The van der Waals surface area contributed by atoms with Crippen molar-refractivity contribution in [2.45, 2.75) is 46.0 Å². The van der Waals surface area contributed by atoms with Crippen molar-refractivity contribution < 1.29 is 9.26 Å². The number of aryl methyl sites for hydroxylation is 1. The molecule has 0 aliphatic carbocycles. The number of aromatic nitrogens is 2. The van der Waals surface area contributed by atoms with Crippen molar-refractivity contribution in [3.63, 3.8) is 0 Å². The summed E-state index contributed by atoms with van der Waals surface area (Å²) >= 11 is 0. The van der Waals surface area contributed by atoms with Crippen molar-refractivity contribution >= 4 is 29.9 Å². The van der Waals surface area contributed by atoms with E-state index in [1.807, 2.05) is 18.2 Å². The molecule has 1 aromatic heterocycles. The molecule has 1 aromatic carbocycles. The minimum absolute atomic E-state index is 0. The van der Waals surface area contributed by atoms with Crippen LogP contribution in [0.25, 0.3) is 0 Å². The summed E-state index contributed by atoms with van der Waals surface area (Å²) in [6.07, 6.45) is 2.47. The molecule has 0 radical (unpaired) electrons. The largest absolute Gasteiger partial charge is 0.496 e. The molecule has 0 fully saturated rings. The Balaban J connectivity index is 0.00000392. The highest BCUT2D eigenvalue weighted by Gasteiger charge is 2.09. The summed E-state index contributed by atoms with van der Waals surface area (Å²) in [4.78, 5) is 9.01. The van der Waals surface area contributed by atoms with E-state index in [0.717, 1.165) is 49.9 Å². The molecule has 0 bridgehead atoms. The molecule has 2 N–H and O–H groups in total. The van der Waals surface area contributed by atoms with Crippen LogP contribution < -0.4 is 15.4 Å². The van der Waals surface area contributed by atoms with Crippen LogP contribution in [0.4, 0.5) is 0 Å². The maximum Gasteiger partial charge on any atom is 0.226 e. The molecular weight excluding hydrogens is 469 g/mol. The number of methoxy groups -OCH3 is 1. The van der Waals surface area contributed by atoms with Crippen molar-refractivity contribution in [3.05, 3.63) is 41.5 Å². The number of rotatable bonds is 10. The maximum atomic E-state index is 5.39. The van der Waals surface area contributed by atoms with Gasteiger partial charge in [-0.1, -0.05) is 37.2 Å². The molecule has 0 spiro atoms. The van der Waals surface area contributed by atoms with E-state index < -0.39 is 0 Å². The van der Waals surface area contributed by atoms with E-state index in [1.165, 1.54) is 5.56 Å². The second-order valence-electron chi connectivity index (χ2n) is 6.55. The van der Waals surface area contributed by atoms with E-state index in [4.69, 9.17) is 9.26 Å². The lowest BCUT2D eigenvalue weighted by atomic mass is 10.1. The molecule has 0 aliphatic rings. The fourth-order valence-corrected chi connectivity index (χ4v) is 2.59. The third-order valence-corrected chi connectivity index (χ3v) is 4.04. The first-order valence-electron chi connectivity index (χ1n) is 9.60. The van der Waals surface area contributed by atoms with E-state index in [-0.39, 0.29) is 29.9 Å². The Kier molecular flexibility index (Phi) is 11.5. The number of nitrogens with one attached hydrogen (secondary N) is 2. The highest BCUT2D eigenvalue weighted by Crippen LogP contribution is 2.17. The van der Waals surface area contributed by atoms with Crippen LogP contribution in [-0.4, -0.2) is 42.8 Å². The molecular formula is C20H32IN5O2. The molecule has 8 heteroatoms. The van der Waals surface area contributed by atoms with Crippen molar-refractivity contribution in [2.24, 2.45) is 4.99 Å². The third kappa shape index (κ3) is 8.04. The van der Waals surface area contributed by atoms with Crippen molar-refractivity contribution in [1.82, 2.24) is 20.8 Å². The zero-order valence-corrected chi connectivity index (χ0v) is 19.5. The summed E-state index contributed by atoms with van der Waals surface area (Å²) < 4.78 is 10.7. The van der Waals surface area contributed by atoms with Crippen molar-refractivity contribution in [2.75, 3.05) is 26.7 Å². The Bertz CT molecular complexity index is 718. The van der Waals surface area contributed by atoms with Crippen LogP contribution in [0.5, 0.6) is 5.75 Å². The van der Waals surface area contributed by atoms with Crippen LogP contribution in [0.1, 0.15) is 50.4 Å². The van der Waals surface area contributed by atoms with Gasteiger partial charge in [-0.15, -0.1) is 24.0 Å². The number of hydrogen-bond donors (Lipinski definition) is 2. The molecule has 1 heterocycles. The van der Waals surface area contributed by atoms with Crippen LogP contribution in [0.3, 0.4) is 0 Å². The summed E-state index contributed by atoms with van der Waals surface area (Å²) in [5.74, 6) is 3.47. The highest BCUT2D eigenvalue weighted by molar-refractivity contribution is 14.0. The molecule has 156 valence electrons. The first-order valence-corrected chi connectivity index (χ1v) is 9.60. The first-order chi connectivity index (χ1) is 13.1. The third-order valence-electron chi connectivity index (χ3n) is 4.04. The SMILES string of the molecule is CCNC(=NCCCc1nc(C(C)C)no1)NCCc1ccccc1OC.I. The topological polar surface area (TPSA) is 84.6 Å². The molecule has 0 unspecified atom stereocenters. The minimum atomic E-state index is 0. The van der Waals surface area contributed by atoms with Crippen LogP contribution in [0.15, 0.2) is 33.8 Å². The summed E-state index contributed by atoms with van der Waals surface area (Å²) in [5.41, 5.74) is 1.18. The summed E-state index contributed by atoms with van der Waals surface area (Å²) in [6.45, 7) is 8.47. The van der Waals surface area contributed by atoms with Crippen molar-refractivity contribution in [1.29, 1.82) is 0 Å². The monoisotopic (exact) mass is 501 g/mol. The number of para-hydroxylation sites is 1. The summed E-state index contributed by atoms with van der Waals surface area (Å²) in [7, 11) is 1.70. The fourth-order valence-electron chi connectivity index (χ4n) is 2.59. The Morgan fingerprint density at radius 3 is 2.68 bits per heavy atom. The van der Waals surface area contributed by atoms with Gasteiger partial charge in [0, 0.05) is 32.0 Å². The molecule has 28 heavy (non-hydrogen) atoms. The minimum Gasteiger partial charge on any atom is -0.496 e. The van der Waals surface area contributed by atoms with Crippen LogP contribution in [0, 0.1) is 0 Å². The Morgan fingerprint density at radius 1 is 1.21 bits per heavy atom. The smallest absolute Gasteiger partial charge is 0.226 e. The van der Waals surface area contributed by atoms with Crippen LogP contribution in [-0.2, 0) is 12.8 Å². The van der Waals surface area contributed by atoms with Crippen molar-refractivity contribution in [3.8, 4) is 5.75 Å². The van der Waals surface area contributed by atoms with E-state index in [0.29, 0.717) is 12.4 Å². The Labute approximate surface area is 184 Å². The van der Waals surface area contributed by atoms with E-state index in [2.05, 4.69) is 52.6 Å². The predicted molar refractivity (Wildman–Crippen MR) is 123 cm³/mol. The van der Waals surface area contributed by atoms with Gasteiger partial charge in [0.05, 0.1) is 7.11 Å². The molecule has 0 saturated heterocycles. The van der Waals surface area contributed by atoms with Gasteiger partial charge in [0.15, 0.2) is 11.8 Å². The van der Waals surface area contributed by atoms with Gasteiger partial charge in [-0.2, -0.15) is 4.98 Å². The average Bonchev–Trinajstić information content (AvgIpc) is 3.15. The lowest BCUT2D eigenvalue weighted by Gasteiger charge is -2.12. The van der Waals surface area contributed by atoms with Gasteiger partial charge in [-0.25, -0.2) is 0 Å². The number of benzene rings is 1. The number of ether oxygens (including phenoxy) is 1. The molecule has 0 aliphatic heterocycles. The van der Waals surface area contributed by atoms with Crippen LogP contribution >= 0.6 is 24.0 Å². The maximum absolute atomic E-state index is 5.39. The van der Waals surface area contributed by atoms with Gasteiger partial charge in [0.1, 0.15) is 5.75 Å². The summed E-state index contributed by atoms with van der Waals surface area (Å²) in [5, 5.41) is 10.6. The highest BCUT2D eigenvalue weighted by atomic mass is 127. The number of guanidine groups is 1. The zero-order valence-electron chi connectivity index (χ0n) is 17.2. The number of halogens is 1. The fraction of sp³-hybridized carbons (Fsp3) is 0.550. The van der Waals surface area contributed by atoms with Gasteiger partial charge < -0.3 is 19.9 Å². The normalized spacial score (nSPS) is 11.2. The quantitative estimate of drug-likeness (QED) is 0.224. The van der Waals surface area contributed by atoms with Gasteiger partial charge in [-0.05, 0) is 31.4 Å². The zero-order chi connectivity index (χ0) is 19.5. The molecule has 0 saturated carbocycles. The van der Waals surface area contributed by atoms with E-state index in [1.54, 1.807) is 7.11 Å². The lowest BCUT2D eigenvalue weighted by molar-refractivity contribution is 0.369. The van der Waals surface area contributed by atoms with E-state index >= 15 is 0 Å². The Hall–Kier alpha value is -1.84. The first kappa shape index (κ1) is 24.2. The predicted octanol–water partition coefficient (Wildman–Crippen LogP) is 3.55. The standard InChI is InChI=1S/C20H31N5O2.HI/c1-5-21-20(23-14-12-16-9-6-7-10-17(16)26-4)22-13-8-11-18-24-19(15(2)3)25-27-18;/h6-7,9-10,15H,5,8,11-14H2,1-4H3,(H2,21,22,23);1H.